The van der Waals surface area contributed by atoms with Crippen molar-refractivity contribution in [1.82, 2.24) is 4.90 Å². The molecule has 2 aliphatic rings. The fourth-order valence-electron chi connectivity index (χ4n) is 2.65. The maximum absolute atomic E-state index is 12.9. The van der Waals surface area contributed by atoms with Crippen molar-refractivity contribution in [2.45, 2.75) is 31.2 Å². The van der Waals surface area contributed by atoms with E-state index in [1.54, 1.807) is 22.7 Å². The Morgan fingerprint density at radius 1 is 1.38 bits per heavy atom. The molecule has 1 amide bonds. The molecule has 1 aromatic rings. The molecule has 0 bridgehead atoms. The highest BCUT2D eigenvalue weighted by molar-refractivity contribution is 9.10. The number of benzene rings is 1. The van der Waals surface area contributed by atoms with E-state index in [-0.39, 0.29) is 11.3 Å². The first-order valence-corrected chi connectivity index (χ1v) is 8.76. The number of carbonyl (C=O) groups excluding carboxylic acids is 1. The standard InChI is InChI=1S/C15H16BrNO3S/c1-8-2-5-10(11(16)6-8)13(18)17-12(15(19)20)7-21-14(17)9-3-4-9/h2,5-6,9,12,14H,3-4,7H2,1H3,(H,19,20). The minimum absolute atomic E-state index is 0.00630. The van der Waals surface area contributed by atoms with E-state index in [0.29, 0.717) is 17.2 Å². The molecule has 1 saturated heterocycles. The molecule has 6 heteroatoms. The zero-order chi connectivity index (χ0) is 15.1. The van der Waals surface area contributed by atoms with Crippen molar-refractivity contribution in [2.24, 2.45) is 5.92 Å². The van der Waals surface area contributed by atoms with Gasteiger partial charge < -0.3 is 10.0 Å². The summed E-state index contributed by atoms with van der Waals surface area (Å²) in [4.78, 5) is 25.9. The average molecular weight is 370 g/mol. The molecule has 1 aliphatic heterocycles. The van der Waals surface area contributed by atoms with Crippen LogP contribution < -0.4 is 0 Å². The largest absolute Gasteiger partial charge is 0.480 e. The third-order valence-electron chi connectivity index (χ3n) is 3.93. The Balaban J connectivity index is 1.93. The first-order valence-electron chi connectivity index (χ1n) is 6.92. The number of nitrogens with zero attached hydrogens (tertiary/aromatic N) is 1. The maximum Gasteiger partial charge on any atom is 0.327 e. The second-order valence-corrected chi connectivity index (χ2v) is 7.62. The zero-order valence-corrected chi connectivity index (χ0v) is 14.0. The quantitative estimate of drug-likeness (QED) is 0.888. The van der Waals surface area contributed by atoms with E-state index in [1.807, 2.05) is 19.1 Å². The summed E-state index contributed by atoms with van der Waals surface area (Å²) in [6.45, 7) is 1.96. The van der Waals surface area contributed by atoms with Crippen LogP contribution in [0.3, 0.4) is 0 Å². The Hall–Kier alpha value is -1.01. The van der Waals surface area contributed by atoms with Gasteiger partial charge in [0.05, 0.1) is 10.9 Å². The summed E-state index contributed by atoms with van der Waals surface area (Å²) >= 11 is 5.02. The molecule has 112 valence electrons. The average Bonchev–Trinajstić information content (AvgIpc) is 3.16. The minimum atomic E-state index is -0.915. The van der Waals surface area contributed by atoms with Crippen molar-refractivity contribution in [3.05, 3.63) is 33.8 Å². The molecule has 1 saturated carbocycles. The monoisotopic (exact) mass is 369 g/mol. The Labute approximate surface area is 136 Å². The molecule has 2 fully saturated rings. The van der Waals surface area contributed by atoms with Crippen LogP contribution in [0.25, 0.3) is 0 Å². The molecule has 0 aromatic heterocycles. The minimum Gasteiger partial charge on any atom is -0.480 e. The van der Waals surface area contributed by atoms with Crippen molar-refractivity contribution < 1.29 is 14.7 Å². The predicted octanol–water partition coefficient (Wildman–Crippen LogP) is 3.14. The first-order chi connectivity index (χ1) is 9.99. The summed E-state index contributed by atoms with van der Waals surface area (Å²) in [6, 6.07) is 4.82. The lowest BCUT2D eigenvalue weighted by Crippen LogP contribution is -2.46. The third kappa shape index (κ3) is 2.83. The number of rotatable bonds is 3. The molecule has 1 aromatic carbocycles. The predicted molar refractivity (Wildman–Crippen MR) is 85.4 cm³/mol. The number of amides is 1. The van der Waals surface area contributed by atoms with E-state index in [4.69, 9.17) is 0 Å². The normalized spacial score (nSPS) is 25.1. The van der Waals surface area contributed by atoms with Gasteiger partial charge >= 0.3 is 5.97 Å². The van der Waals surface area contributed by atoms with E-state index in [0.717, 1.165) is 22.9 Å². The van der Waals surface area contributed by atoms with Gasteiger partial charge in [0.25, 0.3) is 5.91 Å². The van der Waals surface area contributed by atoms with E-state index < -0.39 is 12.0 Å². The molecular formula is C15H16BrNO3S. The molecule has 1 N–H and O–H groups in total. The van der Waals surface area contributed by atoms with Gasteiger partial charge in [-0.25, -0.2) is 4.79 Å². The van der Waals surface area contributed by atoms with Crippen LogP contribution in [0.4, 0.5) is 0 Å². The zero-order valence-electron chi connectivity index (χ0n) is 11.6. The van der Waals surface area contributed by atoms with Gasteiger partial charge in [-0.15, -0.1) is 11.8 Å². The Bertz CT molecular complexity index is 603. The van der Waals surface area contributed by atoms with Crippen LogP contribution >= 0.6 is 27.7 Å². The van der Waals surface area contributed by atoms with Crippen molar-refractivity contribution in [2.75, 3.05) is 5.75 Å². The number of aliphatic carboxylic acids is 1. The van der Waals surface area contributed by atoms with E-state index in [2.05, 4.69) is 15.9 Å². The molecule has 0 radical (unpaired) electrons. The smallest absolute Gasteiger partial charge is 0.327 e. The highest BCUT2D eigenvalue weighted by atomic mass is 79.9. The van der Waals surface area contributed by atoms with Crippen molar-refractivity contribution in [1.29, 1.82) is 0 Å². The first kappa shape index (κ1) is 14.9. The second-order valence-electron chi connectivity index (χ2n) is 5.61. The number of carboxylic acids is 1. The third-order valence-corrected chi connectivity index (χ3v) is 6.05. The van der Waals surface area contributed by atoms with Crippen LogP contribution in [0.1, 0.15) is 28.8 Å². The second kappa shape index (κ2) is 5.65. The van der Waals surface area contributed by atoms with Crippen LogP contribution in [0.15, 0.2) is 22.7 Å². The number of hydrogen-bond donors (Lipinski definition) is 1. The van der Waals surface area contributed by atoms with Gasteiger partial charge in [0.15, 0.2) is 0 Å². The molecule has 4 nitrogen and oxygen atoms in total. The number of carbonyl (C=O) groups is 2. The van der Waals surface area contributed by atoms with Gasteiger partial charge in [-0.3, -0.25) is 4.79 Å². The summed E-state index contributed by atoms with van der Waals surface area (Å²) in [6.07, 6.45) is 2.17. The number of thioether (sulfide) groups is 1. The fraction of sp³-hybridized carbons (Fsp3) is 0.467. The van der Waals surface area contributed by atoms with E-state index in [1.165, 1.54) is 0 Å². The summed E-state index contributed by atoms with van der Waals surface area (Å²) in [5, 5.41) is 9.40. The number of hydrogen-bond acceptors (Lipinski definition) is 3. The summed E-state index contributed by atoms with van der Waals surface area (Å²) in [7, 11) is 0. The molecule has 3 rings (SSSR count). The lowest BCUT2D eigenvalue weighted by Gasteiger charge is -2.28. The fourth-order valence-corrected chi connectivity index (χ4v) is 4.95. The van der Waals surface area contributed by atoms with Crippen LogP contribution in [-0.4, -0.2) is 39.1 Å². The molecule has 1 heterocycles. The number of halogens is 1. The van der Waals surface area contributed by atoms with Crippen LogP contribution in [-0.2, 0) is 4.79 Å². The molecular weight excluding hydrogens is 354 g/mol. The number of aryl methyl sites for hydroxylation is 1. The van der Waals surface area contributed by atoms with Gasteiger partial charge in [-0.1, -0.05) is 6.07 Å². The Morgan fingerprint density at radius 3 is 2.67 bits per heavy atom. The summed E-state index contributed by atoms with van der Waals surface area (Å²) < 4.78 is 0.725. The van der Waals surface area contributed by atoms with Gasteiger partial charge in [0.1, 0.15) is 6.04 Å². The lowest BCUT2D eigenvalue weighted by molar-refractivity contribution is -0.141. The SMILES string of the molecule is Cc1ccc(C(=O)N2C(C(=O)O)CSC2C2CC2)c(Br)c1. The lowest BCUT2D eigenvalue weighted by atomic mass is 10.1. The van der Waals surface area contributed by atoms with Crippen molar-refractivity contribution >= 4 is 39.6 Å². The molecule has 0 spiro atoms. The highest BCUT2D eigenvalue weighted by Crippen LogP contribution is 2.46. The Morgan fingerprint density at radius 2 is 2.10 bits per heavy atom. The van der Waals surface area contributed by atoms with Crippen LogP contribution in [0.2, 0.25) is 0 Å². The Kier molecular flexibility index (Phi) is 4.01. The summed E-state index contributed by atoms with van der Waals surface area (Å²) in [5.41, 5.74) is 1.60. The van der Waals surface area contributed by atoms with E-state index >= 15 is 0 Å². The van der Waals surface area contributed by atoms with Crippen molar-refractivity contribution in [3.8, 4) is 0 Å². The van der Waals surface area contributed by atoms with Gasteiger partial charge in [-0.05, 0) is 59.3 Å². The molecule has 2 atom stereocenters. The van der Waals surface area contributed by atoms with Gasteiger partial charge in [-0.2, -0.15) is 0 Å². The highest BCUT2D eigenvalue weighted by Gasteiger charge is 2.48. The molecule has 1 aliphatic carbocycles. The van der Waals surface area contributed by atoms with Crippen molar-refractivity contribution in [3.63, 3.8) is 0 Å². The van der Waals surface area contributed by atoms with Gasteiger partial charge in [0.2, 0.25) is 0 Å². The topological polar surface area (TPSA) is 57.6 Å². The number of carboxylic acid groups (broad SMARTS) is 1. The maximum atomic E-state index is 12.9. The van der Waals surface area contributed by atoms with Gasteiger partial charge in [0, 0.05) is 10.2 Å². The molecule has 2 unspecified atom stereocenters. The summed E-state index contributed by atoms with van der Waals surface area (Å²) in [5.74, 6) is -0.169. The van der Waals surface area contributed by atoms with Crippen LogP contribution in [0, 0.1) is 12.8 Å². The molecule has 21 heavy (non-hydrogen) atoms. The van der Waals surface area contributed by atoms with E-state index in [9.17, 15) is 14.7 Å². The van der Waals surface area contributed by atoms with Crippen LogP contribution in [0.5, 0.6) is 0 Å².